The fourth-order valence-electron chi connectivity index (χ4n) is 3.68. The lowest BCUT2D eigenvalue weighted by atomic mass is 10.0. The molecular formula is C24H19Cl2N5. The Hall–Kier alpha value is -3.15. The molecule has 2 aromatic carbocycles. The van der Waals surface area contributed by atoms with Gasteiger partial charge in [0.05, 0.1) is 5.02 Å². The Bertz CT molecular complexity index is 1380. The molecule has 0 bridgehead atoms. The molecule has 0 N–H and O–H groups in total. The average molecular weight is 448 g/mol. The Morgan fingerprint density at radius 3 is 2.52 bits per heavy atom. The maximum absolute atomic E-state index is 6.54. The van der Waals surface area contributed by atoms with Gasteiger partial charge in [-0.2, -0.15) is 0 Å². The molecule has 0 saturated heterocycles. The van der Waals surface area contributed by atoms with Crippen LogP contribution in [0, 0.1) is 0 Å². The maximum atomic E-state index is 6.54. The molecule has 0 unspecified atom stereocenters. The average Bonchev–Trinajstić information content (AvgIpc) is 3.39. The summed E-state index contributed by atoms with van der Waals surface area (Å²) in [5, 5.41) is 9.83. The Morgan fingerprint density at radius 1 is 0.935 bits per heavy atom. The van der Waals surface area contributed by atoms with Crippen LogP contribution in [-0.4, -0.2) is 24.1 Å². The van der Waals surface area contributed by atoms with E-state index in [1.807, 2.05) is 39.4 Å². The van der Waals surface area contributed by atoms with Gasteiger partial charge in [-0.15, -0.1) is 10.2 Å². The molecular weight excluding hydrogens is 429 g/mol. The lowest BCUT2D eigenvalue weighted by Gasteiger charge is -2.11. The van der Waals surface area contributed by atoms with Crippen molar-refractivity contribution < 1.29 is 0 Å². The molecule has 5 nitrogen and oxygen atoms in total. The number of imidazole rings is 1. The minimum Gasteiger partial charge on any atom is -0.296 e. The van der Waals surface area contributed by atoms with E-state index in [4.69, 9.17) is 28.2 Å². The first-order valence-electron chi connectivity index (χ1n) is 9.96. The van der Waals surface area contributed by atoms with Crippen LogP contribution in [0.2, 0.25) is 10.0 Å². The van der Waals surface area contributed by atoms with Gasteiger partial charge in [0.2, 0.25) is 0 Å². The second kappa shape index (κ2) is 7.84. The molecule has 31 heavy (non-hydrogen) atoms. The Kier molecular flexibility index (Phi) is 5.00. The van der Waals surface area contributed by atoms with Crippen molar-refractivity contribution in [3.05, 3.63) is 88.8 Å². The largest absolute Gasteiger partial charge is 0.296 e. The predicted octanol–water partition coefficient (Wildman–Crippen LogP) is 6.68. The van der Waals surface area contributed by atoms with Crippen LogP contribution in [0.4, 0.5) is 0 Å². The Balaban J connectivity index is 1.75. The highest BCUT2D eigenvalue weighted by molar-refractivity contribution is 6.35. The summed E-state index contributed by atoms with van der Waals surface area (Å²) in [6, 6.07) is 19.7. The smallest absolute Gasteiger partial charge is 0.187 e. The summed E-state index contributed by atoms with van der Waals surface area (Å²) in [4.78, 5) is 4.85. The summed E-state index contributed by atoms with van der Waals surface area (Å²) in [6.45, 7) is 4.36. The molecule has 5 aromatic rings. The van der Waals surface area contributed by atoms with Crippen molar-refractivity contribution in [1.82, 2.24) is 24.1 Å². The summed E-state index contributed by atoms with van der Waals surface area (Å²) in [7, 11) is 0. The van der Waals surface area contributed by atoms with E-state index in [0.717, 1.165) is 22.6 Å². The van der Waals surface area contributed by atoms with Crippen LogP contribution in [0.1, 0.15) is 25.3 Å². The fraction of sp³-hybridized carbons (Fsp3) is 0.125. The van der Waals surface area contributed by atoms with Crippen LogP contribution in [0.5, 0.6) is 0 Å². The maximum Gasteiger partial charge on any atom is 0.187 e. The molecule has 0 aliphatic carbocycles. The first kappa shape index (κ1) is 19.8. The van der Waals surface area contributed by atoms with Crippen LogP contribution >= 0.6 is 23.2 Å². The van der Waals surface area contributed by atoms with E-state index in [1.54, 1.807) is 18.5 Å². The van der Waals surface area contributed by atoms with Gasteiger partial charge in [0.25, 0.3) is 0 Å². The van der Waals surface area contributed by atoms with Gasteiger partial charge in [-0.3, -0.25) is 8.97 Å². The zero-order valence-electron chi connectivity index (χ0n) is 17.0. The van der Waals surface area contributed by atoms with Crippen molar-refractivity contribution in [1.29, 1.82) is 0 Å². The third kappa shape index (κ3) is 3.50. The number of halogens is 2. The standard InChI is InChI=1S/C24H19Cl2N5/c1-15(2)16-6-9-18(10-7-16)31-14-27-29-24(31)23-22(19-13-17(25)8-11-20(19)26)28-21-5-3-4-12-30(21)23/h3-15H,1-2H3. The van der Waals surface area contributed by atoms with Gasteiger partial charge in [0, 0.05) is 22.5 Å². The van der Waals surface area contributed by atoms with Crippen molar-refractivity contribution >= 4 is 28.8 Å². The monoisotopic (exact) mass is 447 g/mol. The van der Waals surface area contributed by atoms with Gasteiger partial charge in [-0.1, -0.05) is 55.2 Å². The van der Waals surface area contributed by atoms with Gasteiger partial charge < -0.3 is 0 Å². The van der Waals surface area contributed by atoms with E-state index < -0.39 is 0 Å². The van der Waals surface area contributed by atoms with Crippen LogP contribution in [-0.2, 0) is 0 Å². The van der Waals surface area contributed by atoms with Crippen LogP contribution in [0.25, 0.3) is 34.1 Å². The van der Waals surface area contributed by atoms with E-state index in [2.05, 4.69) is 48.3 Å². The highest BCUT2D eigenvalue weighted by atomic mass is 35.5. The zero-order chi connectivity index (χ0) is 21.5. The number of pyridine rings is 1. The summed E-state index contributed by atoms with van der Waals surface area (Å²) in [5.41, 5.74) is 5.28. The molecule has 5 rings (SSSR count). The number of nitrogens with zero attached hydrogens (tertiary/aromatic N) is 5. The van der Waals surface area contributed by atoms with Gasteiger partial charge in [-0.25, -0.2) is 4.98 Å². The number of aromatic nitrogens is 5. The predicted molar refractivity (Wildman–Crippen MR) is 125 cm³/mol. The highest BCUT2D eigenvalue weighted by Crippen LogP contribution is 2.37. The van der Waals surface area contributed by atoms with Gasteiger partial charge >= 0.3 is 0 Å². The first-order chi connectivity index (χ1) is 15.0. The van der Waals surface area contributed by atoms with E-state index in [0.29, 0.717) is 27.5 Å². The molecule has 0 aliphatic heterocycles. The minimum absolute atomic E-state index is 0.463. The van der Waals surface area contributed by atoms with Crippen LogP contribution in [0.15, 0.2) is 73.2 Å². The summed E-state index contributed by atoms with van der Waals surface area (Å²) in [6.07, 6.45) is 3.67. The quantitative estimate of drug-likeness (QED) is 0.308. The minimum atomic E-state index is 0.463. The van der Waals surface area contributed by atoms with E-state index in [1.165, 1.54) is 5.56 Å². The molecule has 0 fully saturated rings. The third-order valence-electron chi connectivity index (χ3n) is 5.31. The third-order valence-corrected chi connectivity index (χ3v) is 5.88. The van der Waals surface area contributed by atoms with Gasteiger partial charge in [-0.05, 0) is 53.9 Å². The molecule has 154 valence electrons. The number of hydrogen-bond donors (Lipinski definition) is 0. The number of benzene rings is 2. The van der Waals surface area contributed by atoms with Gasteiger partial charge in [0.1, 0.15) is 23.4 Å². The molecule has 0 saturated carbocycles. The zero-order valence-corrected chi connectivity index (χ0v) is 18.5. The van der Waals surface area contributed by atoms with E-state index >= 15 is 0 Å². The normalized spacial score (nSPS) is 11.5. The second-order valence-corrected chi connectivity index (χ2v) is 8.48. The number of rotatable bonds is 4. The summed E-state index contributed by atoms with van der Waals surface area (Å²) < 4.78 is 3.96. The molecule has 0 amide bonds. The lowest BCUT2D eigenvalue weighted by molar-refractivity contribution is 0.865. The first-order valence-corrected chi connectivity index (χ1v) is 10.7. The Labute approximate surface area is 189 Å². The van der Waals surface area contributed by atoms with Crippen molar-refractivity contribution in [3.63, 3.8) is 0 Å². The molecule has 0 aliphatic rings. The van der Waals surface area contributed by atoms with Crippen molar-refractivity contribution in [3.8, 4) is 28.5 Å². The topological polar surface area (TPSA) is 48.0 Å². The van der Waals surface area contributed by atoms with Crippen LogP contribution in [0.3, 0.4) is 0 Å². The van der Waals surface area contributed by atoms with Gasteiger partial charge in [0.15, 0.2) is 5.82 Å². The molecule has 7 heteroatoms. The number of fused-ring (bicyclic) bond motifs is 1. The van der Waals surface area contributed by atoms with Crippen molar-refractivity contribution in [2.45, 2.75) is 19.8 Å². The van der Waals surface area contributed by atoms with E-state index in [-0.39, 0.29) is 0 Å². The summed E-state index contributed by atoms with van der Waals surface area (Å²) in [5.74, 6) is 1.13. The van der Waals surface area contributed by atoms with Crippen LogP contribution < -0.4 is 0 Å². The fourth-order valence-corrected chi connectivity index (χ4v) is 4.06. The SMILES string of the molecule is CC(C)c1ccc(-n2cnnc2-c2c(-c3cc(Cl)ccc3Cl)nc3ccccn23)cc1. The van der Waals surface area contributed by atoms with Crippen molar-refractivity contribution in [2.75, 3.05) is 0 Å². The molecule has 3 heterocycles. The molecule has 0 spiro atoms. The molecule has 0 radical (unpaired) electrons. The summed E-state index contributed by atoms with van der Waals surface area (Å²) >= 11 is 12.8. The second-order valence-electron chi connectivity index (χ2n) is 7.63. The molecule has 3 aromatic heterocycles. The lowest BCUT2D eigenvalue weighted by Crippen LogP contribution is -2.00. The Morgan fingerprint density at radius 2 is 1.74 bits per heavy atom. The number of hydrogen-bond acceptors (Lipinski definition) is 3. The van der Waals surface area contributed by atoms with Crippen molar-refractivity contribution in [2.24, 2.45) is 0 Å². The van der Waals surface area contributed by atoms with E-state index in [9.17, 15) is 0 Å². The highest BCUT2D eigenvalue weighted by Gasteiger charge is 2.22. The molecule has 0 atom stereocenters.